The second kappa shape index (κ2) is 7.25. The first-order valence-corrected chi connectivity index (χ1v) is 12.9. The van der Waals surface area contributed by atoms with Gasteiger partial charge in [0, 0.05) is 36.5 Å². The number of piperidine rings is 1. The van der Waals surface area contributed by atoms with Crippen molar-refractivity contribution in [1.82, 2.24) is 15.2 Å². The number of aryl methyl sites for hydroxylation is 1. The minimum Gasteiger partial charge on any atom is -0.504 e. The molecule has 1 saturated heterocycles. The van der Waals surface area contributed by atoms with Crippen LogP contribution in [0.4, 0.5) is 0 Å². The van der Waals surface area contributed by atoms with Crippen LogP contribution < -0.4 is 10.1 Å². The van der Waals surface area contributed by atoms with Gasteiger partial charge < -0.3 is 25.3 Å². The lowest BCUT2D eigenvalue weighted by molar-refractivity contribution is -0.192. The van der Waals surface area contributed by atoms with Crippen molar-refractivity contribution in [3.63, 3.8) is 0 Å². The molecule has 1 amide bonds. The van der Waals surface area contributed by atoms with Gasteiger partial charge in [0.15, 0.2) is 11.5 Å². The number of aromatic nitrogens is 1. The summed E-state index contributed by atoms with van der Waals surface area (Å²) in [6.07, 6.45) is 8.05. The highest BCUT2D eigenvalue weighted by Gasteiger charge is 2.73. The molecule has 0 unspecified atom stereocenters. The Labute approximate surface area is 199 Å². The van der Waals surface area contributed by atoms with E-state index in [4.69, 9.17) is 4.74 Å². The molecule has 7 rings (SSSR count). The van der Waals surface area contributed by atoms with E-state index in [0.717, 1.165) is 43.1 Å². The Morgan fingerprint density at radius 1 is 1.24 bits per heavy atom. The Balaban J connectivity index is 1.22. The number of amides is 1. The van der Waals surface area contributed by atoms with E-state index >= 15 is 0 Å². The molecular formula is C27H33N3O4. The molecule has 2 aromatic rings. The number of aromatic amines is 1. The lowest BCUT2D eigenvalue weighted by Crippen LogP contribution is -2.78. The van der Waals surface area contributed by atoms with Gasteiger partial charge in [-0.15, -0.1) is 0 Å². The minimum absolute atomic E-state index is 0.00368. The summed E-state index contributed by atoms with van der Waals surface area (Å²) in [5.74, 6) is 1.44. The summed E-state index contributed by atoms with van der Waals surface area (Å²) in [6, 6.07) is 7.55. The van der Waals surface area contributed by atoms with Gasteiger partial charge in [0.1, 0.15) is 6.10 Å². The monoisotopic (exact) mass is 463 g/mol. The van der Waals surface area contributed by atoms with Crippen molar-refractivity contribution in [2.45, 2.75) is 80.6 Å². The molecule has 2 saturated carbocycles. The Morgan fingerprint density at radius 2 is 2.12 bits per heavy atom. The molecule has 3 fully saturated rings. The Hall–Kier alpha value is -2.51. The van der Waals surface area contributed by atoms with Crippen molar-refractivity contribution in [3.05, 3.63) is 47.3 Å². The van der Waals surface area contributed by atoms with Crippen LogP contribution in [0.15, 0.2) is 30.5 Å². The average molecular weight is 464 g/mol. The van der Waals surface area contributed by atoms with Crippen molar-refractivity contribution >= 4 is 5.91 Å². The number of H-pyrrole nitrogens is 1. The summed E-state index contributed by atoms with van der Waals surface area (Å²) in [5.41, 5.74) is 1.73. The molecule has 7 nitrogen and oxygen atoms in total. The number of carbonyl (C=O) groups excluding carboxylic acids is 1. The summed E-state index contributed by atoms with van der Waals surface area (Å²) < 4.78 is 6.52. The number of carbonyl (C=O) groups is 1. The average Bonchev–Trinajstić information content (AvgIpc) is 3.33. The zero-order chi connectivity index (χ0) is 23.1. The van der Waals surface area contributed by atoms with Gasteiger partial charge >= 0.3 is 0 Å². The molecule has 3 aliphatic carbocycles. The zero-order valence-corrected chi connectivity index (χ0v) is 19.4. The maximum atomic E-state index is 12.9. The van der Waals surface area contributed by atoms with Crippen molar-refractivity contribution in [1.29, 1.82) is 0 Å². The number of benzene rings is 1. The van der Waals surface area contributed by atoms with Crippen LogP contribution in [-0.4, -0.2) is 62.9 Å². The van der Waals surface area contributed by atoms with Gasteiger partial charge in [-0.3, -0.25) is 9.69 Å². The molecule has 34 heavy (non-hydrogen) atoms. The first-order chi connectivity index (χ1) is 16.5. The number of nitrogens with zero attached hydrogens (tertiary/aromatic N) is 1. The highest BCUT2D eigenvalue weighted by atomic mass is 16.5. The third-order valence-electron chi connectivity index (χ3n) is 9.39. The van der Waals surface area contributed by atoms with Gasteiger partial charge in [0.05, 0.1) is 17.1 Å². The van der Waals surface area contributed by atoms with E-state index in [-0.39, 0.29) is 29.8 Å². The van der Waals surface area contributed by atoms with E-state index in [1.54, 1.807) is 6.07 Å². The van der Waals surface area contributed by atoms with Crippen LogP contribution in [-0.2, 0) is 23.1 Å². The molecule has 2 aliphatic heterocycles. The number of hydrogen-bond donors (Lipinski definition) is 4. The number of hydrogen-bond acceptors (Lipinski definition) is 5. The molecule has 0 radical (unpaired) electrons. The summed E-state index contributed by atoms with van der Waals surface area (Å²) in [6.45, 7) is 1.99. The SMILES string of the molecule is O=C(CCc1ccc[nH]1)N[C@@H]1CC[C@@]2(O)[C@H]3Cc4ccc(O)c5c4[C@@]2(CCN3CC2CC2)[C@H]1O5. The third kappa shape index (κ3) is 2.80. The number of nitrogens with one attached hydrogen (secondary N) is 2. The van der Waals surface area contributed by atoms with Crippen LogP contribution in [0.2, 0.25) is 0 Å². The fourth-order valence-electron chi connectivity index (χ4n) is 7.68. The molecule has 1 spiro atoms. The Bertz CT molecular complexity index is 1130. The molecule has 1 aromatic heterocycles. The van der Waals surface area contributed by atoms with Gasteiger partial charge in [-0.05, 0) is 81.2 Å². The zero-order valence-electron chi connectivity index (χ0n) is 19.4. The van der Waals surface area contributed by atoms with Crippen molar-refractivity contribution in [3.8, 4) is 11.5 Å². The highest BCUT2D eigenvalue weighted by molar-refractivity contribution is 5.77. The quantitative estimate of drug-likeness (QED) is 0.528. The van der Waals surface area contributed by atoms with Gasteiger partial charge in [-0.25, -0.2) is 0 Å². The van der Waals surface area contributed by atoms with E-state index in [2.05, 4.69) is 15.2 Å². The van der Waals surface area contributed by atoms with Gasteiger partial charge in [-0.1, -0.05) is 6.07 Å². The number of aromatic hydroxyl groups is 1. The highest BCUT2D eigenvalue weighted by Crippen LogP contribution is 2.65. The fraction of sp³-hybridized carbons (Fsp3) is 0.593. The Morgan fingerprint density at radius 3 is 2.91 bits per heavy atom. The number of rotatable bonds is 6. The lowest BCUT2D eigenvalue weighted by Gasteiger charge is -2.64. The second-order valence-electron chi connectivity index (χ2n) is 11.2. The van der Waals surface area contributed by atoms with Crippen LogP contribution in [0.5, 0.6) is 11.5 Å². The molecule has 2 bridgehead atoms. The van der Waals surface area contributed by atoms with E-state index < -0.39 is 11.0 Å². The smallest absolute Gasteiger partial charge is 0.220 e. The Kier molecular flexibility index (Phi) is 4.44. The van der Waals surface area contributed by atoms with Crippen molar-refractivity contribution in [2.75, 3.05) is 13.1 Å². The van der Waals surface area contributed by atoms with Gasteiger partial charge in [0.2, 0.25) is 5.91 Å². The fourth-order valence-corrected chi connectivity index (χ4v) is 7.68. The van der Waals surface area contributed by atoms with Crippen molar-refractivity contribution in [2.24, 2.45) is 5.92 Å². The van der Waals surface area contributed by atoms with Crippen molar-refractivity contribution < 1.29 is 19.7 Å². The molecular weight excluding hydrogens is 430 g/mol. The van der Waals surface area contributed by atoms with E-state index in [1.165, 1.54) is 18.4 Å². The second-order valence-corrected chi connectivity index (χ2v) is 11.2. The first-order valence-electron chi connectivity index (χ1n) is 12.9. The number of ether oxygens (including phenoxy) is 1. The van der Waals surface area contributed by atoms with Crippen LogP contribution in [0.1, 0.15) is 55.3 Å². The van der Waals surface area contributed by atoms with Crippen LogP contribution in [0, 0.1) is 5.92 Å². The standard InChI is InChI=1S/C27H33N3O4/c31-20-7-5-17-14-21-27(33)10-9-19(29-22(32)8-6-18-2-1-12-28-18)25-26(27,23(17)24(20)34-25)11-13-30(21)15-16-3-4-16/h1-2,5,7,12,16,19,21,25,28,31,33H,3-4,6,8-11,13-15H2,(H,29,32)/t19-,21-,25+,26+,27-/m1/s1. The number of phenolic OH excluding ortho intramolecular Hbond substituents is 1. The predicted octanol–water partition coefficient (Wildman–Crippen LogP) is 2.40. The van der Waals surface area contributed by atoms with Gasteiger partial charge in [-0.2, -0.15) is 0 Å². The largest absolute Gasteiger partial charge is 0.504 e. The maximum absolute atomic E-state index is 12.9. The van der Waals surface area contributed by atoms with Crippen LogP contribution in [0.25, 0.3) is 0 Å². The van der Waals surface area contributed by atoms with Crippen LogP contribution >= 0.6 is 0 Å². The molecule has 5 atom stereocenters. The summed E-state index contributed by atoms with van der Waals surface area (Å²) >= 11 is 0. The molecule has 4 N–H and O–H groups in total. The van der Waals surface area contributed by atoms with E-state index in [1.807, 2.05) is 24.4 Å². The van der Waals surface area contributed by atoms with E-state index in [0.29, 0.717) is 31.4 Å². The normalized spacial score (nSPS) is 35.5. The maximum Gasteiger partial charge on any atom is 0.220 e. The molecule has 5 aliphatic rings. The molecule has 3 heterocycles. The summed E-state index contributed by atoms with van der Waals surface area (Å²) in [7, 11) is 0. The lowest BCUT2D eigenvalue weighted by atomic mass is 9.48. The third-order valence-corrected chi connectivity index (χ3v) is 9.39. The number of aliphatic hydroxyl groups is 1. The minimum atomic E-state index is -0.914. The molecule has 1 aromatic carbocycles. The number of phenols is 1. The summed E-state index contributed by atoms with van der Waals surface area (Å²) in [5, 5.41) is 26.4. The van der Waals surface area contributed by atoms with Crippen LogP contribution in [0.3, 0.4) is 0 Å². The molecule has 7 heteroatoms. The predicted molar refractivity (Wildman–Crippen MR) is 126 cm³/mol. The number of likely N-dealkylation sites (tertiary alicyclic amines) is 1. The van der Waals surface area contributed by atoms with E-state index in [9.17, 15) is 15.0 Å². The first kappa shape index (κ1) is 20.8. The topological polar surface area (TPSA) is 97.8 Å². The van der Waals surface area contributed by atoms with Gasteiger partial charge in [0.25, 0.3) is 0 Å². The summed E-state index contributed by atoms with van der Waals surface area (Å²) in [4.78, 5) is 18.6. The molecule has 180 valence electrons.